The molecule has 0 amide bonds. The van der Waals surface area contributed by atoms with Gasteiger partial charge in [0.15, 0.2) is 11.8 Å². The van der Waals surface area contributed by atoms with E-state index >= 15 is 0 Å². The molecule has 1 aliphatic rings. The first-order valence-electron chi connectivity index (χ1n) is 11.5. The van der Waals surface area contributed by atoms with Crippen LogP contribution in [-0.2, 0) is 0 Å². The van der Waals surface area contributed by atoms with Crippen LogP contribution in [-0.4, -0.2) is 28.0 Å². The Morgan fingerprint density at radius 2 is 1.82 bits per heavy atom. The summed E-state index contributed by atoms with van der Waals surface area (Å²) in [6, 6.07) is 14.2. The minimum atomic E-state index is 0.0371. The molecule has 0 radical (unpaired) electrons. The molecule has 0 aliphatic heterocycles. The van der Waals surface area contributed by atoms with Crippen LogP contribution < -0.4 is 16.8 Å². The zero-order valence-electron chi connectivity index (χ0n) is 19.1. The molecule has 1 heterocycles. The predicted molar refractivity (Wildman–Crippen MR) is 139 cm³/mol. The quantitative estimate of drug-likeness (QED) is 0.328. The van der Waals surface area contributed by atoms with E-state index in [2.05, 4.69) is 42.4 Å². The SMILES string of the molecule is CC(C)c1ccc2nc(/C=C\c3ccc(Cl)cc3)nc(NC3CCCCC3N=C(N)N)c2c1. The number of fused-ring (bicyclic) bond motifs is 1. The highest BCUT2D eigenvalue weighted by molar-refractivity contribution is 6.30. The summed E-state index contributed by atoms with van der Waals surface area (Å²) in [6.45, 7) is 4.38. The van der Waals surface area contributed by atoms with Gasteiger partial charge >= 0.3 is 0 Å². The maximum Gasteiger partial charge on any atom is 0.186 e. The molecule has 1 fully saturated rings. The van der Waals surface area contributed by atoms with Crippen molar-refractivity contribution in [3.05, 3.63) is 64.4 Å². The number of hydrogen-bond acceptors (Lipinski definition) is 4. The summed E-state index contributed by atoms with van der Waals surface area (Å²) in [4.78, 5) is 14.2. The fourth-order valence-corrected chi connectivity index (χ4v) is 4.38. The number of anilines is 1. The second-order valence-corrected chi connectivity index (χ2v) is 9.34. The van der Waals surface area contributed by atoms with E-state index in [0.29, 0.717) is 16.8 Å². The van der Waals surface area contributed by atoms with E-state index < -0.39 is 0 Å². The molecule has 33 heavy (non-hydrogen) atoms. The van der Waals surface area contributed by atoms with Gasteiger partial charge in [-0.3, -0.25) is 0 Å². The highest BCUT2D eigenvalue weighted by Gasteiger charge is 2.26. The number of aromatic nitrogens is 2. The molecule has 0 spiro atoms. The van der Waals surface area contributed by atoms with Gasteiger partial charge in [-0.1, -0.05) is 62.6 Å². The van der Waals surface area contributed by atoms with Crippen molar-refractivity contribution in [3.8, 4) is 0 Å². The van der Waals surface area contributed by atoms with Crippen LogP contribution in [0.1, 0.15) is 62.4 Å². The van der Waals surface area contributed by atoms with Crippen LogP contribution in [0.4, 0.5) is 5.82 Å². The molecule has 3 aromatic rings. The van der Waals surface area contributed by atoms with E-state index in [4.69, 9.17) is 33.0 Å². The summed E-state index contributed by atoms with van der Waals surface area (Å²) in [5.41, 5.74) is 14.6. The Hall–Kier alpha value is -3.12. The third kappa shape index (κ3) is 5.82. The number of rotatable bonds is 6. The molecule has 5 N–H and O–H groups in total. The fourth-order valence-electron chi connectivity index (χ4n) is 4.25. The topological polar surface area (TPSA) is 102 Å². The van der Waals surface area contributed by atoms with Gasteiger partial charge < -0.3 is 16.8 Å². The molecule has 2 aromatic carbocycles. The predicted octanol–water partition coefficient (Wildman–Crippen LogP) is 5.57. The van der Waals surface area contributed by atoms with Crippen molar-refractivity contribution in [2.75, 3.05) is 5.32 Å². The van der Waals surface area contributed by atoms with Crippen LogP contribution >= 0.6 is 11.6 Å². The molecule has 6 nitrogen and oxygen atoms in total. The monoisotopic (exact) mass is 462 g/mol. The number of benzene rings is 2. The highest BCUT2D eigenvalue weighted by atomic mass is 35.5. The summed E-state index contributed by atoms with van der Waals surface area (Å²) in [5, 5.41) is 5.40. The Bertz CT molecular complexity index is 1170. The Balaban J connectivity index is 1.73. The first-order chi connectivity index (χ1) is 15.9. The van der Waals surface area contributed by atoms with Crippen molar-refractivity contribution in [3.63, 3.8) is 0 Å². The van der Waals surface area contributed by atoms with Gasteiger partial charge in [-0.05, 0) is 60.2 Å². The summed E-state index contributed by atoms with van der Waals surface area (Å²) in [6.07, 6.45) is 8.13. The molecule has 2 atom stereocenters. The van der Waals surface area contributed by atoms with Gasteiger partial charge in [-0.25, -0.2) is 15.0 Å². The van der Waals surface area contributed by atoms with Crippen molar-refractivity contribution >= 4 is 46.4 Å². The molecule has 2 unspecified atom stereocenters. The van der Waals surface area contributed by atoms with Gasteiger partial charge in [0.1, 0.15) is 5.82 Å². The smallest absolute Gasteiger partial charge is 0.186 e. The second-order valence-electron chi connectivity index (χ2n) is 8.90. The lowest BCUT2D eigenvalue weighted by molar-refractivity contribution is 0.405. The summed E-state index contributed by atoms with van der Waals surface area (Å²) < 4.78 is 0. The molecule has 4 rings (SSSR count). The van der Waals surface area contributed by atoms with Crippen LogP contribution in [0.25, 0.3) is 23.1 Å². The van der Waals surface area contributed by atoms with Gasteiger partial charge in [0.2, 0.25) is 0 Å². The van der Waals surface area contributed by atoms with Gasteiger partial charge in [0.05, 0.1) is 17.6 Å². The molecule has 1 aromatic heterocycles. The van der Waals surface area contributed by atoms with Crippen molar-refractivity contribution in [2.24, 2.45) is 16.5 Å². The third-order valence-electron chi connectivity index (χ3n) is 6.07. The van der Waals surface area contributed by atoms with Crippen LogP contribution in [0, 0.1) is 0 Å². The molecule has 0 saturated heterocycles. The molecule has 1 aliphatic carbocycles. The van der Waals surface area contributed by atoms with E-state index in [1.54, 1.807) is 0 Å². The Kier molecular flexibility index (Phi) is 7.14. The molecule has 172 valence electrons. The lowest BCUT2D eigenvalue weighted by atomic mass is 9.90. The molecule has 7 heteroatoms. The van der Waals surface area contributed by atoms with Gasteiger partial charge in [0, 0.05) is 10.4 Å². The van der Waals surface area contributed by atoms with E-state index in [9.17, 15) is 0 Å². The Labute approximate surface area is 200 Å². The number of nitrogens with one attached hydrogen (secondary N) is 1. The molecule has 0 bridgehead atoms. The number of nitrogens with two attached hydrogens (primary N) is 2. The summed E-state index contributed by atoms with van der Waals surface area (Å²) >= 11 is 6.00. The minimum Gasteiger partial charge on any atom is -0.370 e. The number of guanidine groups is 1. The minimum absolute atomic E-state index is 0.0371. The summed E-state index contributed by atoms with van der Waals surface area (Å²) in [7, 11) is 0. The first kappa shape index (κ1) is 23.1. The van der Waals surface area contributed by atoms with E-state index in [1.165, 1.54) is 5.56 Å². The van der Waals surface area contributed by atoms with E-state index in [0.717, 1.165) is 48.0 Å². The number of halogens is 1. The zero-order valence-corrected chi connectivity index (χ0v) is 19.9. The van der Waals surface area contributed by atoms with E-state index in [-0.39, 0.29) is 18.0 Å². The Morgan fingerprint density at radius 1 is 1.06 bits per heavy atom. The van der Waals surface area contributed by atoms with Crippen LogP contribution in [0.15, 0.2) is 47.5 Å². The summed E-state index contributed by atoms with van der Waals surface area (Å²) in [5.74, 6) is 2.01. The second kappa shape index (κ2) is 10.2. The van der Waals surface area contributed by atoms with E-state index in [1.807, 2.05) is 36.4 Å². The van der Waals surface area contributed by atoms with Crippen molar-refractivity contribution < 1.29 is 0 Å². The first-order valence-corrected chi connectivity index (χ1v) is 11.9. The van der Waals surface area contributed by atoms with Gasteiger partial charge in [-0.2, -0.15) is 0 Å². The Morgan fingerprint density at radius 3 is 2.55 bits per heavy atom. The number of nitrogens with zero attached hydrogens (tertiary/aromatic N) is 3. The fraction of sp³-hybridized carbons (Fsp3) is 0.346. The number of aliphatic imine (C=N–C) groups is 1. The van der Waals surface area contributed by atoms with Crippen molar-refractivity contribution in [1.29, 1.82) is 0 Å². The largest absolute Gasteiger partial charge is 0.370 e. The van der Waals surface area contributed by atoms with Crippen molar-refractivity contribution in [1.82, 2.24) is 9.97 Å². The van der Waals surface area contributed by atoms with Crippen LogP contribution in [0.3, 0.4) is 0 Å². The maximum atomic E-state index is 6.00. The standard InChI is InChI=1S/C26H31ClN6/c1-16(2)18-10-13-21-20(15-18)25(31-22-5-3-4-6-23(22)32-26(28)29)33-24(30-21)14-9-17-7-11-19(27)12-8-17/h7-16,22-23H,3-6H2,1-2H3,(H4,28,29,32)(H,30,31,33)/b14-9-. The normalized spacial score (nSPS) is 18.7. The van der Waals surface area contributed by atoms with Crippen LogP contribution in [0.5, 0.6) is 0 Å². The lowest BCUT2D eigenvalue weighted by Gasteiger charge is -2.30. The third-order valence-corrected chi connectivity index (χ3v) is 6.32. The molecular formula is C26H31ClN6. The zero-order chi connectivity index (χ0) is 23.4. The lowest BCUT2D eigenvalue weighted by Crippen LogP contribution is -2.38. The molecule has 1 saturated carbocycles. The number of hydrogen-bond donors (Lipinski definition) is 3. The highest BCUT2D eigenvalue weighted by Crippen LogP contribution is 2.30. The van der Waals surface area contributed by atoms with Gasteiger partial charge in [0.25, 0.3) is 0 Å². The van der Waals surface area contributed by atoms with Gasteiger partial charge in [-0.15, -0.1) is 0 Å². The van der Waals surface area contributed by atoms with Crippen LogP contribution in [0.2, 0.25) is 5.02 Å². The van der Waals surface area contributed by atoms with Crippen molar-refractivity contribution in [2.45, 2.75) is 57.5 Å². The average molecular weight is 463 g/mol. The average Bonchev–Trinajstić information content (AvgIpc) is 2.79. The maximum absolute atomic E-state index is 6.00. The molecular weight excluding hydrogens is 432 g/mol.